The Morgan fingerprint density at radius 1 is 0.703 bits per heavy atom. The normalized spacial score (nSPS) is 12.7. The van der Waals surface area contributed by atoms with Crippen molar-refractivity contribution in [2.24, 2.45) is 35.5 Å². The average molecular weight is 872 g/mol. The van der Waals surface area contributed by atoms with E-state index in [2.05, 4.69) is 35.5 Å². The molecule has 0 aliphatic heterocycles. The minimum Gasteiger partial charge on any atom is -0.368 e. The van der Waals surface area contributed by atoms with Crippen molar-refractivity contribution in [3.63, 3.8) is 0 Å². The van der Waals surface area contributed by atoms with Crippen LogP contribution < -0.4 is 28.0 Å². The molecule has 5 heterocycles. The Labute approximate surface area is 365 Å². The van der Waals surface area contributed by atoms with Gasteiger partial charge in [-0.05, 0) is 95.1 Å². The molecule has 64 heavy (non-hydrogen) atoms. The highest BCUT2D eigenvalue weighted by Gasteiger charge is 2.22. The second-order valence-electron chi connectivity index (χ2n) is 15.1. The number of hydrogen-bond acceptors (Lipinski definition) is 10. The molecule has 0 aliphatic rings. The molecule has 2 aromatic carbocycles. The lowest BCUT2D eigenvalue weighted by Gasteiger charge is -2.19. The maximum absolute atomic E-state index is 13.8. The molecule has 0 saturated carbocycles. The zero-order valence-corrected chi connectivity index (χ0v) is 36.3. The molecule has 7 rings (SSSR count). The number of nitrogens with zero attached hydrogens (tertiary/aromatic N) is 12. The molecule has 7 aromatic rings. The summed E-state index contributed by atoms with van der Waals surface area (Å²) in [5, 5.41) is 11.5. The molecule has 0 saturated heterocycles. The van der Waals surface area contributed by atoms with E-state index in [4.69, 9.17) is 16.2 Å². The number of fused-ring (bicyclic) bond motifs is 2. The molecule has 0 fully saturated rings. The molecule has 21 heteroatoms. The van der Waals surface area contributed by atoms with Crippen molar-refractivity contribution in [2.75, 3.05) is 11.9 Å². The number of aryl methyl sites for hydroxylation is 8. The molecule has 5 aromatic heterocycles. The monoisotopic (exact) mass is 871 g/mol. The number of primary amides is 2. The molecule has 0 bridgehead atoms. The summed E-state index contributed by atoms with van der Waals surface area (Å²) in [7, 11) is 3.48. The summed E-state index contributed by atoms with van der Waals surface area (Å²) < 4.78 is 16.7. The summed E-state index contributed by atoms with van der Waals surface area (Å²) in [6.45, 7) is 8.41. The number of hydrogen-bond donors (Lipinski definition) is 3. The van der Waals surface area contributed by atoms with Gasteiger partial charge in [0.2, 0.25) is 23.1 Å². The lowest BCUT2D eigenvalue weighted by molar-refractivity contribution is -0.123. The number of carbonyl (C=O) groups is 5. The predicted molar refractivity (Wildman–Crippen MR) is 234 cm³/mol. The van der Waals surface area contributed by atoms with Gasteiger partial charge in [0, 0.05) is 57.6 Å². The summed E-state index contributed by atoms with van der Waals surface area (Å²) in [5.74, 6) is -2.41. The SMILES string of the molecule is CCn1nc(C)cc1C(=O)N=c1n(C)c2cc(C(N)=O)ccc2n1CCC(CCn1c(=NC(=O)c2cc(C)nn2CC)n(C)c2cc(C(N)=O)ccc21)OCC(=O)Nc1ccncn1. The van der Waals surface area contributed by atoms with Crippen LogP contribution in [0.1, 0.15) is 79.8 Å². The van der Waals surface area contributed by atoms with Crippen molar-refractivity contribution < 1.29 is 28.7 Å². The topological polar surface area (TPSA) is 265 Å². The van der Waals surface area contributed by atoms with Crippen molar-refractivity contribution in [3.8, 4) is 0 Å². The molecule has 0 radical (unpaired) electrons. The number of amides is 5. The highest BCUT2D eigenvalue weighted by molar-refractivity contribution is 5.98. The van der Waals surface area contributed by atoms with E-state index in [1.807, 2.05) is 23.0 Å². The number of benzene rings is 2. The lowest BCUT2D eigenvalue weighted by Crippen LogP contribution is -2.31. The van der Waals surface area contributed by atoms with Crippen LogP contribution in [0.5, 0.6) is 0 Å². The van der Waals surface area contributed by atoms with E-state index in [0.717, 1.165) is 0 Å². The number of anilines is 1. The van der Waals surface area contributed by atoms with E-state index >= 15 is 0 Å². The van der Waals surface area contributed by atoms with Gasteiger partial charge in [-0.2, -0.15) is 20.2 Å². The van der Waals surface area contributed by atoms with Gasteiger partial charge in [0.15, 0.2) is 0 Å². The molecular formula is C43H49N15O6. The van der Waals surface area contributed by atoms with Gasteiger partial charge in [0.25, 0.3) is 17.7 Å². The number of carbonyl (C=O) groups excluding carboxylic acids is 5. The number of imidazole rings is 2. The number of ether oxygens (including phenoxy) is 1. The molecule has 0 unspecified atom stereocenters. The van der Waals surface area contributed by atoms with E-state index in [9.17, 15) is 24.0 Å². The molecule has 332 valence electrons. The Hall–Kier alpha value is -7.81. The number of aromatic nitrogens is 10. The lowest BCUT2D eigenvalue weighted by atomic mass is 10.1. The Morgan fingerprint density at radius 3 is 1.61 bits per heavy atom. The highest BCUT2D eigenvalue weighted by atomic mass is 16.5. The van der Waals surface area contributed by atoms with E-state index in [-0.39, 0.29) is 30.8 Å². The van der Waals surface area contributed by atoms with Crippen molar-refractivity contribution in [1.29, 1.82) is 0 Å². The fourth-order valence-electron chi connectivity index (χ4n) is 7.66. The Bertz CT molecular complexity index is 2910. The van der Waals surface area contributed by atoms with Gasteiger partial charge in [-0.3, -0.25) is 33.3 Å². The van der Waals surface area contributed by atoms with Crippen molar-refractivity contribution >= 4 is 57.4 Å². The van der Waals surface area contributed by atoms with Crippen molar-refractivity contribution in [2.45, 2.75) is 72.8 Å². The molecule has 5 N–H and O–H groups in total. The molecule has 0 atom stereocenters. The zero-order valence-electron chi connectivity index (χ0n) is 36.3. The van der Waals surface area contributed by atoms with Gasteiger partial charge in [-0.15, -0.1) is 0 Å². The van der Waals surface area contributed by atoms with Gasteiger partial charge in [0.05, 0.1) is 39.6 Å². The Balaban J connectivity index is 1.28. The number of nitrogens with two attached hydrogens (primary N) is 2. The first-order valence-corrected chi connectivity index (χ1v) is 20.6. The second-order valence-corrected chi connectivity index (χ2v) is 15.1. The summed E-state index contributed by atoms with van der Waals surface area (Å²) >= 11 is 0. The Kier molecular flexibility index (Phi) is 12.9. The van der Waals surface area contributed by atoms with Crippen LogP contribution in [-0.2, 0) is 49.8 Å². The average Bonchev–Trinajstić information content (AvgIpc) is 4.00. The van der Waals surface area contributed by atoms with E-state index in [1.165, 1.54) is 12.5 Å². The minimum absolute atomic E-state index is 0.238. The first-order valence-electron chi connectivity index (χ1n) is 20.6. The third-order valence-corrected chi connectivity index (χ3v) is 10.8. The third-order valence-electron chi connectivity index (χ3n) is 10.8. The Morgan fingerprint density at radius 2 is 1.19 bits per heavy atom. The standard InChI is InChI=1S/C43H49N15O6/c1-7-57-34(19-25(3)51-57)40(62)49-42-53(5)32-21-27(38(44)60)9-11-30(32)55(42)17-14-29(64-23-37(59)48-36-13-16-46-24-47-36)15-18-56-31-12-10-28(39(45)61)22-33(31)54(6)43(56)50-41(63)35-20-26(4)52-58(35)8-2/h9-13,16,19-22,24,29H,7-8,14-15,17-18,23H2,1-6H3,(H2,44,60)(H2,45,61)(H,46,47,48,59). The fraction of sp³-hybridized carbons (Fsp3) is 0.326. The van der Waals surface area contributed by atoms with Crippen LogP contribution in [0.15, 0.2) is 77.1 Å². The minimum atomic E-state index is -0.628. The molecule has 21 nitrogen and oxygen atoms in total. The van der Waals surface area contributed by atoms with Crippen LogP contribution in [0, 0.1) is 13.8 Å². The number of rotatable bonds is 16. The largest absolute Gasteiger partial charge is 0.368 e. The maximum atomic E-state index is 13.8. The van der Waals surface area contributed by atoms with E-state index < -0.39 is 35.6 Å². The fourth-order valence-corrected chi connectivity index (χ4v) is 7.66. The smallest absolute Gasteiger partial charge is 0.298 e. The second kappa shape index (κ2) is 18.7. The number of nitrogens with one attached hydrogen (secondary N) is 1. The summed E-state index contributed by atoms with van der Waals surface area (Å²) in [6, 6.07) is 14.9. The molecule has 5 amide bonds. The van der Waals surface area contributed by atoms with Gasteiger partial charge >= 0.3 is 0 Å². The third kappa shape index (κ3) is 9.19. The first-order chi connectivity index (χ1) is 30.7. The highest BCUT2D eigenvalue weighted by Crippen LogP contribution is 2.20. The zero-order chi connectivity index (χ0) is 45.8. The predicted octanol–water partition coefficient (Wildman–Crippen LogP) is 2.30. The van der Waals surface area contributed by atoms with Crippen LogP contribution in [0.25, 0.3) is 22.1 Å². The summed E-state index contributed by atoms with van der Waals surface area (Å²) in [5.41, 5.74) is 16.9. The quantitative estimate of drug-likeness (QED) is 0.128. The van der Waals surface area contributed by atoms with E-state index in [1.54, 1.807) is 101 Å². The summed E-state index contributed by atoms with van der Waals surface area (Å²) in [4.78, 5) is 82.5. The van der Waals surface area contributed by atoms with Crippen LogP contribution in [-0.4, -0.2) is 90.0 Å². The van der Waals surface area contributed by atoms with Crippen LogP contribution >= 0.6 is 0 Å². The van der Waals surface area contributed by atoms with Crippen molar-refractivity contribution in [1.82, 2.24) is 47.8 Å². The summed E-state index contributed by atoms with van der Waals surface area (Å²) in [6.07, 6.45) is 2.78. The first kappa shape index (κ1) is 44.3. The van der Waals surface area contributed by atoms with E-state index in [0.29, 0.717) is 87.8 Å². The van der Waals surface area contributed by atoms with Gasteiger partial charge in [0.1, 0.15) is 30.1 Å². The van der Waals surface area contributed by atoms with Gasteiger partial charge < -0.3 is 39.8 Å². The van der Waals surface area contributed by atoms with Crippen LogP contribution in [0.3, 0.4) is 0 Å². The molecule has 0 aliphatic carbocycles. The van der Waals surface area contributed by atoms with Gasteiger partial charge in [-0.1, -0.05) is 0 Å². The maximum Gasteiger partial charge on any atom is 0.298 e. The van der Waals surface area contributed by atoms with Crippen molar-refractivity contribution in [3.05, 3.63) is 112 Å². The van der Waals surface area contributed by atoms with Crippen LogP contribution in [0.2, 0.25) is 0 Å². The molecular weight excluding hydrogens is 823 g/mol. The van der Waals surface area contributed by atoms with Gasteiger partial charge in [-0.25, -0.2) is 9.97 Å². The van der Waals surface area contributed by atoms with Crippen LogP contribution in [0.4, 0.5) is 5.82 Å². The molecule has 0 spiro atoms.